The Morgan fingerprint density at radius 1 is 1.47 bits per heavy atom. The summed E-state index contributed by atoms with van der Waals surface area (Å²) in [6.45, 7) is 6.26. The van der Waals surface area contributed by atoms with E-state index in [1.807, 2.05) is 26.8 Å². The lowest BCUT2D eigenvalue weighted by molar-refractivity contribution is 0.0457. The molecule has 0 aliphatic rings. The predicted molar refractivity (Wildman–Crippen MR) is 76.9 cm³/mol. The number of hydrogen-bond donors (Lipinski definition) is 1. The van der Waals surface area contributed by atoms with E-state index in [1.54, 1.807) is 11.3 Å². The summed E-state index contributed by atoms with van der Waals surface area (Å²) in [7, 11) is 0. The molecular formula is C14H17NO3S. The van der Waals surface area contributed by atoms with E-state index in [-0.39, 0.29) is 16.9 Å². The number of hydrogen-bond acceptors (Lipinski definition) is 4. The standard InChI is InChI=1S/C14H17NO3S/c1-4-9-5-10-12(16)11(6-15-13(10)19-9)14(17)18-7-8(2)3/h5-6,8H,4,7H2,1-3H3,(H,15,16). The second kappa shape index (κ2) is 5.57. The van der Waals surface area contributed by atoms with E-state index in [2.05, 4.69) is 4.98 Å². The van der Waals surface area contributed by atoms with E-state index in [9.17, 15) is 9.59 Å². The van der Waals surface area contributed by atoms with E-state index in [0.717, 1.165) is 16.1 Å². The molecule has 0 amide bonds. The maximum atomic E-state index is 12.2. The predicted octanol–water partition coefficient (Wildman–Crippen LogP) is 2.96. The average Bonchev–Trinajstić information content (AvgIpc) is 2.80. The van der Waals surface area contributed by atoms with Crippen LogP contribution in [0, 0.1) is 5.92 Å². The molecule has 5 heteroatoms. The first kappa shape index (κ1) is 13.8. The first-order valence-electron chi connectivity index (χ1n) is 6.34. The Morgan fingerprint density at radius 2 is 2.21 bits per heavy atom. The van der Waals surface area contributed by atoms with Crippen LogP contribution in [0.3, 0.4) is 0 Å². The first-order chi connectivity index (χ1) is 9.02. The summed E-state index contributed by atoms with van der Waals surface area (Å²) in [6.07, 6.45) is 2.32. The molecule has 0 saturated carbocycles. The second-order valence-electron chi connectivity index (χ2n) is 4.83. The molecule has 0 aromatic carbocycles. The molecule has 2 aromatic rings. The fourth-order valence-corrected chi connectivity index (χ4v) is 2.67. The Labute approximate surface area is 115 Å². The lowest BCUT2D eigenvalue weighted by atomic mass is 10.2. The summed E-state index contributed by atoms with van der Waals surface area (Å²) in [5.74, 6) is -0.305. The topological polar surface area (TPSA) is 59.2 Å². The van der Waals surface area contributed by atoms with Crippen LogP contribution >= 0.6 is 11.3 Å². The minimum Gasteiger partial charge on any atom is -0.462 e. The normalized spacial score (nSPS) is 11.2. The van der Waals surface area contributed by atoms with Gasteiger partial charge in [0.25, 0.3) is 0 Å². The van der Waals surface area contributed by atoms with Crippen LogP contribution in [0.25, 0.3) is 10.2 Å². The van der Waals surface area contributed by atoms with E-state index < -0.39 is 5.97 Å². The maximum absolute atomic E-state index is 12.2. The van der Waals surface area contributed by atoms with Crippen molar-refractivity contribution in [2.75, 3.05) is 6.61 Å². The molecule has 0 saturated heterocycles. The fourth-order valence-electron chi connectivity index (χ4n) is 1.71. The van der Waals surface area contributed by atoms with Gasteiger partial charge in [0, 0.05) is 11.1 Å². The van der Waals surface area contributed by atoms with Crippen molar-refractivity contribution in [3.63, 3.8) is 0 Å². The molecule has 19 heavy (non-hydrogen) atoms. The summed E-state index contributed by atoms with van der Waals surface area (Å²) in [4.78, 5) is 29.0. The van der Waals surface area contributed by atoms with Crippen LogP contribution in [-0.2, 0) is 11.2 Å². The highest BCUT2D eigenvalue weighted by molar-refractivity contribution is 7.18. The number of aromatic nitrogens is 1. The van der Waals surface area contributed by atoms with Crippen molar-refractivity contribution in [1.82, 2.24) is 4.98 Å². The highest BCUT2D eigenvalue weighted by Crippen LogP contribution is 2.21. The number of aryl methyl sites for hydroxylation is 1. The summed E-state index contributed by atoms with van der Waals surface area (Å²) in [6, 6.07) is 1.85. The molecule has 0 spiro atoms. The average molecular weight is 279 g/mol. The molecule has 2 aromatic heterocycles. The van der Waals surface area contributed by atoms with Gasteiger partial charge < -0.3 is 9.72 Å². The van der Waals surface area contributed by atoms with Crippen molar-refractivity contribution in [3.05, 3.63) is 32.9 Å². The van der Waals surface area contributed by atoms with E-state index in [1.165, 1.54) is 6.20 Å². The van der Waals surface area contributed by atoms with E-state index >= 15 is 0 Å². The molecule has 0 unspecified atom stereocenters. The molecule has 2 heterocycles. The summed E-state index contributed by atoms with van der Waals surface area (Å²) >= 11 is 1.54. The van der Waals surface area contributed by atoms with Gasteiger partial charge in [-0.15, -0.1) is 11.3 Å². The van der Waals surface area contributed by atoms with Crippen molar-refractivity contribution in [1.29, 1.82) is 0 Å². The number of esters is 1. The molecule has 0 fully saturated rings. The van der Waals surface area contributed by atoms with Crippen LogP contribution in [0.2, 0.25) is 0 Å². The minimum absolute atomic E-state index is 0.0774. The number of ether oxygens (including phenoxy) is 1. The Morgan fingerprint density at radius 3 is 2.84 bits per heavy atom. The molecule has 0 atom stereocenters. The quantitative estimate of drug-likeness (QED) is 0.875. The zero-order valence-corrected chi connectivity index (χ0v) is 12.1. The molecule has 2 rings (SSSR count). The van der Waals surface area contributed by atoms with Gasteiger partial charge in [-0.05, 0) is 18.4 Å². The van der Waals surface area contributed by atoms with Gasteiger partial charge >= 0.3 is 5.97 Å². The lowest BCUT2D eigenvalue weighted by Crippen LogP contribution is -2.19. The Hall–Kier alpha value is -1.62. The summed E-state index contributed by atoms with van der Waals surface area (Å²) in [5.41, 5.74) is -0.174. The van der Waals surface area contributed by atoms with Crippen molar-refractivity contribution < 1.29 is 9.53 Å². The smallest absolute Gasteiger partial charge is 0.343 e. The van der Waals surface area contributed by atoms with E-state index in [4.69, 9.17) is 4.74 Å². The third-order valence-electron chi connectivity index (χ3n) is 2.74. The number of carbonyl (C=O) groups excluding carboxylic acids is 1. The summed E-state index contributed by atoms with van der Waals surface area (Å²) in [5, 5.41) is 0.570. The number of thiophene rings is 1. The molecule has 0 bridgehead atoms. The van der Waals surface area contributed by atoms with Gasteiger partial charge in [-0.25, -0.2) is 4.79 Å². The van der Waals surface area contributed by atoms with Crippen LogP contribution < -0.4 is 5.43 Å². The number of aromatic amines is 1. The fraction of sp³-hybridized carbons (Fsp3) is 0.429. The van der Waals surface area contributed by atoms with Crippen LogP contribution in [0.4, 0.5) is 0 Å². The van der Waals surface area contributed by atoms with Gasteiger partial charge in [0.15, 0.2) is 0 Å². The van der Waals surface area contributed by atoms with Crippen LogP contribution in [0.1, 0.15) is 36.0 Å². The molecular weight excluding hydrogens is 262 g/mol. The lowest BCUT2D eigenvalue weighted by Gasteiger charge is -2.06. The van der Waals surface area contributed by atoms with Gasteiger partial charge in [-0.2, -0.15) is 0 Å². The maximum Gasteiger partial charge on any atom is 0.343 e. The van der Waals surface area contributed by atoms with Crippen LogP contribution in [-0.4, -0.2) is 17.6 Å². The third-order valence-corrected chi connectivity index (χ3v) is 3.95. The minimum atomic E-state index is -0.555. The zero-order chi connectivity index (χ0) is 14.0. The molecule has 102 valence electrons. The molecule has 0 aliphatic heterocycles. The number of carbonyl (C=O) groups is 1. The monoisotopic (exact) mass is 279 g/mol. The van der Waals surface area contributed by atoms with Gasteiger partial charge in [0.2, 0.25) is 5.43 Å². The number of nitrogens with one attached hydrogen (secondary N) is 1. The Bertz CT molecular complexity index is 654. The highest BCUT2D eigenvalue weighted by atomic mass is 32.1. The zero-order valence-electron chi connectivity index (χ0n) is 11.3. The van der Waals surface area contributed by atoms with Crippen LogP contribution in [0.5, 0.6) is 0 Å². The van der Waals surface area contributed by atoms with E-state index in [0.29, 0.717) is 12.0 Å². The van der Waals surface area contributed by atoms with Crippen molar-refractivity contribution in [3.8, 4) is 0 Å². The third kappa shape index (κ3) is 2.87. The van der Waals surface area contributed by atoms with Gasteiger partial charge in [0.1, 0.15) is 10.4 Å². The molecule has 0 aliphatic carbocycles. The first-order valence-corrected chi connectivity index (χ1v) is 7.15. The Kier molecular flexibility index (Phi) is 4.04. The van der Waals surface area contributed by atoms with Crippen molar-refractivity contribution >= 4 is 27.5 Å². The van der Waals surface area contributed by atoms with Gasteiger partial charge in [0.05, 0.1) is 12.0 Å². The number of rotatable bonds is 4. The van der Waals surface area contributed by atoms with Gasteiger partial charge in [-0.3, -0.25) is 4.79 Å². The second-order valence-corrected chi connectivity index (χ2v) is 5.97. The van der Waals surface area contributed by atoms with Crippen LogP contribution in [0.15, 0.2) is 17.1 Å². The Balaban J connectivity index is 2.36. The summed E-state index contributed by atoms with van der Waals surface area (Å²) < 4.78 is 5.10. The van der Waals surface area contributed by atoms with Gasteiger partial charge in [-0.1, -0.05) is 20.8 Å². The SMILES string of the molecule is CCc1cc2c(=O)c(C(=O)OCC(C)C)c[nH]c2s1. The van der Waals surface area contributed by atoms with Crippen molar-refractivity contribution in [2.24, 2.45) is 5.92 Å². The largest absolute Gasteiger partial charge is 0.462 e. The van der Waals surface area contributed by atoms with Crippen molar-refractivity contribution in [2.45, 2.75) is 27.2 Å². The molecule has 0 radical (unpaired) electrons. The number of pyridine rings is 1. The number of H-pyrrole nitrogens is 1. The number of fused-ring (bicyclic) bond motifs is 1. The molecule has 1 N–H and O–H groups in total. The highest BCUT2D eigenvalue weighted by Gasteiger charge is 2.16. The molecule has 4 nitrogen and oxygen atoms in total.